The molecular weight excluding hydrogens is 220 g/mol. The molecule has 0 aliphatic heterocycles. The average molecular weight is 240 g/mol. The molecule has 2 aromatic rings. The number of aryl methyl sites for hydroxylation is 2. The number of benzene rings is 2. The van der Waals surface area contributed by atoms with Crippen molar-refractivity contribution in [1.29, 1.82) is 0 Å². The van der Waals surface area contributed by atoms with E-state index in [-0.39, 0.29) is 0 Å². The van der Waals surface area contributed by atoms with Crippen LogP contribution in [0.3, 0.4) is 0 Å². The van der Waals surface area contributed by atoms with Gasteiger partial charge in [0.25, 0.3) is 0 Å². The van der Waals surface area contributed by atoms with Crippen LogP contribution in [0.25, 0.3) is 11.1 Å². The standard InChI is InChI=1S/C16H20N2/c1-4-18-16-8-6-14(10-12(16)3)13-5-7-15(17)11(2)9-13/h5-10,18H,4,17H2,1-3H3. The molecular formula is C16H20N2. The van der Waals surface area contributed by atoms with E-state index in [1.54, 1.807) is 0 Å². The molecule has 0 heterocycles. The van der Waals surface area contributed by atoms with Crippen LogP contribution in [-0.4, -0.2) is 6.54 Å². The third-order valence-electron chi connectivity index (χ3n) is 3.20. The zero-order valence-corrected chi connectivity index (χ0v) is 11.2. The van der Waals surface area contributed by atoms with Crippen LogP contribution in [-0.2, 0) is 0 Å². The molecule has 2 nitrogen and oxygen atoms in total. The third-order valence-corrected chi connectivity index (χ3v) is 3.20. The summed E-state index contributed by atoms with van der Waals surface area (Å²) in [5.74, 6) is 0. The van der Waals surface area contributed by atoms with Crippen LogP contribution >= 0.6 is 0 Å². The minimum absolute atomic E-state index is 0.847. The molecule has 0 fully saturated rings. The topological polar surface area (TPSA) is 38.0 Å². The lowest BCUT2D eigenvalue weighted by Crippen LogP contribution is -1.98. The van der Waals surface area contributed by atoms with E-state index in [0.717, 1.165) is 17.8 Å². The highest BCUT2D eigenvalue weighted by Crippen LogP contribution is 2.27. The Labute approximate surface area is 109 Å². The first-order valence-electron chi connectivity index (χ1n) is 6.33. The molecule has 0 aromatic heterocycles. The molecule has 0 spiro atoms. The number of rotatable bonds is 3. The van der Waals surface area contributed by atoms with Crippen LogP contribution in [0.1, 0.15) is 18.1 Å². The van der Waals surface area contributed by atoms with Crippen LogP contribution < -0.4 is 11.1 Å². The van der Waals surface area contributed by atoms with E-state index in [1.807, 2.05) is 13.0 Å². The Bertz CT molecular complexity index is 559. The largest absolute Gasteiger partial charge is 0.399 e. The van der Waals surface area contributed by atoms with Gasteiger partial charge in [-0.25, -0.2) is 0 Å². The molecule has 3 N–H and O–H groups in total. The second-order valence-electron chi connectivity index (χ2n) is 4.63. The highest BCUT2D eigenvalue weighted by atomic mass is 14.9. The predicted molar refractivity (Wildman–Crippen MR) is 79.9 cm³/mol. The first-order chi connectivity index (χ1) is 8.61. The number of anilines is 2. The molecule has 18 heavy (non-hydrogen) atoms. The van der Waals surface area contributed by atoms with E-state index in [2.05, 4.69) is 49.5 Å². The van der Waals surface area contributed by atoms with Gasteiger partial charge in [-0.3, -0.25) is 0 Å². The van der Waals surface area contributed by atoms with Crippen molar-refractivity contribution in [3.63, 3.8) is 0 Å². The first kappa shape index (κ1) is 12.5. The molecule has 94 valence electrons. The fraction of sp³-hybridized carbons (Fsp3) is 0.250. The monoisotopic (exact) mass is 240 g/mol. The lowest BCUT2D eigenvalue weighted by molar-refractivity contribution is 1.20. The number of nitrogens with one attached hydrogen (secondary N) is 1. The molecule has 2 aromatic carbocycles. The molecule has 0 amide bonds. The second-order valence-corrected chi connectivity index (χ2v) is 4.63. The van der Waals surface area contributed by atoms with Gasteiger partial charge in [-0.1, -0.05) is 12.1 Å². The summed E-state index contributed by atoms with van der Waals surface area (Å²) in [6, 6.07) is 12.7. The summed E-state index contributed by atoms with van der Waals surface area (Å²) in [5, 5.41) is 3.35. The predicted octanol–water partition coefficient (Wildman–Crippen LogP) is 3.98. The van der Waals surface area contributed by atoms with Crippen molar-refractivity contribution in [2.75, 3.05) is 17.6 Å². The van der Waals surface area contributed by atoms with Gasteiger partial charge in [0.1, 0.15) is 0 Å². The van der Waals surface area contributed by atoms with E-state index < -0.39 is 0 Å². The Balaban J connectivity index is 2.39. The highest BCUT2D eigenvalue weighted by molar-refractivity contribution is 5.71. The van der Waals surface area contributed by atoms with Crippen LogP contribution in [0.5, 0.6) is 0 Å². The van der Waals surface area contributed by atoms with Crippen molar-refractivity contribution in [2.45, 2.75) is 20.8 Å². The third kappa shape index (κ3) is 2.48. The van der Waals surface area contributed by atoms with E-state index in [1.165, 1.54) is 22.4 Å². The Morgan fingerprint density at radius 2 is 1.56 bits per heavy atom. The summed E-state index contributed by atoms with van der Waals surface area (Å²) in [5.41, 5.74) is 12.7. The number of nitrogens with two attached hydrogens (primary N) is 1. The lowest BCUT2D eigenvalue weighted by atomic mass is 10.00. The Kier molecular flexibility index (Phi) is 3.56. The van der Waals surface area contributed by atoms with Gasteiger partial charge in [0.15, 0.2) is 0 Å². The maximum Gasteiger partial charge on any atom is 0.0370 e. The summed E-state index contributed by atoms with van der Waals surface area (Å²) in [4.78, 5) is 0. The van der Waals surface area contributed by atoms with Crippen molar-refractivity contribution in [2.24, 2.45) is 0 Å². The molecule has 0 saturated carbocycles. The fourth-order valence-corrected chi connectivity index (χ4v) is 2.09. The van der Waals surface area contributed by atoms with Gasteiger partial charge < -0.3 is 11.1 Å². The normalized spacial score (nSPS) is 10.4. The summed E-state index contributed by atoms with van der Waals surface area (Å²) < 4.78 is 0. The maximum absolute atomic E-state index is 5.85. The van der Waals surface area contributed by atoms with E-state index in [0.29, 0.717) is 0 Å². The van der Waals surface area contributed by atoms with Crippen molar-refractivity contribution in [3.8, 4) is 11.1 Å². The molecule has 0 unspecified atom stereocenters. The van der Waals surface area contributed by atoms with E-state index in [4.69, 9.17) is 5.73 Å². The smallest absolute Gasteiger partial charge is 0.0370 e. The highest BCUT2D eigenvalue weighted by Gasteiger charge is 2.03. The fourth-order valence-electron chi connectivity index (χ4n) is 2.09. The Morgan fingerprint density at radius 3 is 2.11 bits per heavy atom. The zero-order valence-electron chi connectivity index (χ0n) is 11.2. The van der Waals surface area contributed by atoms with E-state index in [9.17, 15) is 0 Å². The number of hydrogen-bond acceptors (Lipinski definition) is 2. The van der Waals surface area contributed by atoms with Gasteiger partial charge >= 0.3 is 0 Å². The van der Waals surface area contributed by atoms with Crippen LogP contribution in [0.4, 0.5) is 11.4 Å². The summed E-state index contributed by atoms with van der Waals surface area (Å²) in [7, 11) is 0. The lowest BCUT2D eigenvalue weighted by Gasteiger charge is -2.11. The first-order valence-corrected chi connectivity index (χ1v) is 6.33. The quantitative estimate of drug-likeness (QED) is 0.796. The van der Waals surface area contributed by atoms with Crippen molar-refractivity contribution in [1.82, 2.24) is 0 Å². The van der Waals surface area contributed by atoms with Gasteiger partial charge in [-0.15, -0.1) is 0 Å². The van der Waals surface area contributed by atoms with Gasteiger partial charge in [-0.05, 0) is 67.3 Å². The van der Waals surface area contributed by atoms with Gasteiger partial charge in [-0.2, -0.15) is 0 Å². The summed E-state index contributed by atoms with van der Waals surface area (Å²) >= 11 is 0. The number of hydrogen-bond donors (Lipinski definition) is 2. The maximum atomic E-state index is 5.85. The Morgan fingerprint density at radius 1 is 0.944 bits per heavy atom. The SMILES string of the molecule is CCNc1ccc(-c2ccc(N)c(C)c2)cc1C. The van der Waals surface area contributed by atoms with Crippen LogP contribution in [0, 0.1) is 13.8 Å². The molecule has 2 rings (SSSR count). The van der Waals surface area contributed by atoms with Crippen LogP contribution in [0.2, 0.25) is 0 Å². The molecule has 0 bridgehead atoms. The van der Waals surface area contributed by atoms with Gasteiger partial charge in [0, 0.05) is 17.9 Å². The molecule has 0 atom stereocenters. The minimum Gasteiger partial charge on any atom is -0.399 e. The van der Waals surface area contributed by atoms with Crippen molar-refractivity contribution >= 4 is 11.4 Å². The van der Waals surface area contributed by atoms with E-state index >= 15 is 0 Å². The number of nitrogen functional groups attached to an aromatic ring is 1. The average Bonchev–Trinajstić information content (AvgIpc) is 2.35. The van der Waals surface area contributed by atoms with Crippen molar-refractivity contribution in [3.05, 3.63) is 47.5 Å². The second kappa shape index (κ2) is 5.13. The summed E-state index contributed by atoms with van der Waals surface area (Å²) in [6.45, 7) is 7.22. The van der Waals surface area contributed by atoms with Gasteiger partial charge in [0.05, 0.1) is 0 Å². The summed E-state index contributed by atoms with van der Waals surface area (Å²) in [6.07, 6.45) is 0. The molecule has 2 heteroatoms. The molecule has 0 aliphatic carbocycles. The van der Waals surface area contributed by atoms with Crippen LogP contribution in [0.15, 0.2) is 36.4 Å². The molecule has 0 saturated heterocycles. The Hall–Kier alpha value is -1.96. The van der Waals surface area contributed by atoms with Crippen molar-refractivity contribution < 1.29 is 0 Å². The molecule has 0 aliphatic rings. The molecule has 0 radical (unpaired) electrons. The minimum atomic E-state index is 0.847. The zero-order chi connectivity index (χ0) is 13.1. The van der Waals surface area contributed by atoms with Gasteiger partial charge in [0.2, 0.25) is 0 Å².